The van der Waals surface area contributed by atoms with Gasteiger partial charge in [0.1, 0.15) is 0 Å². The summed E-state index contributed by atoms with van der Waals surface area (Å²) in [6, 6.07) is 8.85. The van der Waals surface area contributed by atoms with Crippen molar-refractivity contribution in [2.75, 3.05) is 11.1 Å². The molecule has 1 amide bonds. The third-order valence-corrected chi connectivity index (χ3v) is 2.52. The Morgan fingerprint density at radius 2 is 1.94 bits per heavy atom. The minimum absolute atomic E-state index is 0.306. The number of nitrogen functional groups attached to an aromatic ring is 1. The van der Waals surface area contributed by atoms with E-state index in [0.717, 1.165) is 17.1 Å². The lowest BCUT2D eigenvalue weighted by Crippen LogP contribution is -2.13. The van der Waals surface area contributed by atoms with Crippen LogP contribution in [-0.4, -0.2) is 10.9 Å². The molecule has 2 aromatic rings. The van der Waals surface area contributed by atoms with E-state index >= 15 is 0 Å². The van der Waals surface area contributed by atoms with Gasteiger partial charge < -0.3 is 16.8 Å². The molecule has 0 saturated heterocycles. The normalized spacial score (nSPS) is 10.1. The minimum atomic E-state index is -0.543. The van der Waals surface area contributed by atoms with Gasteiger partial charge in [0.15, 0.2) is 0 Å². The van der Waals surface area contributed by atoms with Crippen molar-refractivity contribution in [3.63, 3.8) is 0 Å². The summed E-state index contributed by atoms with van der Waals surface area (Å²) in [6.45, 7) is 1.91. The van der Waals surface area contributed by atoms with Gasteiger partial charge in [0.2, 0.25) is 0 Å². The highest BCUT2D eigenvalue weighted by molar-refractivity contribution is 5.99. The molecule has 0 aliphatic rings. The number of carbonyl (C=O) groups excluding carboxylic acids is 1. The maximum atomic E-state index is 11.2. The average molecular weight is 242 g/mol. The van der Waals surface area contributed by atoms with Crippen molar-refractivity contribution in [3.8, 4) is 0 Å². The van der Waals surface area contributed by atoms with Gasteiger partial charge in [-0.15, -0.1) is 0 Å². The van der Waals surface area contributed by atoms with Crippen molar-refractivity contribution in [3.05, 3.63) is 47.8 Å². The number of hydrogen-bond acceptors (Lipinski definition) is 4. The Balaban J connectivity index is 2.27. The molecule has 0 aliphatic heterocycles. The predicted octanol–water partition coefficient (Wildman–Crippen LogP) is 1.81. The number of pyridine rings is 1. The van der Waals surface area contributed by atoms with Crippen LogP contribution in [0.5, 0.6) is 0 Å². The van der Waals surface area contributed by atoms with Crippen LogP contribution in [0.3, 0.4) is 0 Å². The van der Waals surface area contributed by atoms with Crippen LogP contribution in [-0.2, 0) is 0 Å². The highest BCUT2D eigenvalue weighted by Gasteiger charge is 2.06. The zero-order chi connectivity index (χ0) is 13.1. The number of primary amides is 1. The molecule has 1 aromatic heterocycles. The molecule has 92 valence electrons. The van der Waals surface area contributed by atoms with Gasteiger partial charge in [-0.2, -0.15) is 0 Å². The Bertz CT molecular complexity index is 578. The zero-order valence-electron chi connectivity index (χ0n) is 9.97. The van der Waals surface area contributed by atoms with Crippen molar-refractivity contribution in [2.24, 2.45) is 5.73 Å². The van der Waals surface area contributed by atoms with Crippen LogP contribution in [0.4, 0.5) is 17.1 Å². The summed E-state index contributed by atoms with van der Waals surface area (Å²) in [7, 11) is 0. The molecule has 0 aliphatic carbocycles. The Hall–Kier alpha value is -2.56. The SMILES string of the molecule is Cc1ccc(Nc2ccc(N)c(C(N)=O)c2)cn1. The maximum absolute atomic E-state index is 11.2. The van der Waals surface area contributed by atoms with Crippen molar-refractivity contribution in [2.45, 2.75) is 6.92 Å². The number of amides is 1. The minimum Gasteiger partial charge on any atom is -0.398 e. The van der Waals surface area contributed by atoms with Gasteiger partial charge in [0.05, 0.1) is 17.4 Å². The maximum Gasteiger partial charge on any atom is 0.250 e. The molecule has 0 fully saturated rings. The van der Waals surface area contributed by atoms with Crippen LogP contribution in [0.2, 0.25) is 0 Å². The lowest BCUT2D eigenvalue weighted by atomic mass is 10.1. The summed E-state index contributed by atoms with van der Waals surface area (Å²) in [4.78, 5) is 15.3. The first-order chi connectivity index (χ1) is 8.56. The first-order valence-electron chi connectivity index (χ1n) is 5.45. The van der Waals surface area contributed by atoms with Gasteiger partial charge in [-0.3, -0.25) is 9.78 Å². The van der Waals surface area contributed by atoms with E-state index in [0.29, 0.717) is 11.3 Å². The molecule has 0 unspecified atom stereocenters. The standard InChI is InChI=1S/C13H14N4O/c1-8-2-3-10(7-16-8)17-9-4-5-12(14)11(6-9)13(15)18/h2-7,17H,14H2,1H3,(H2,15,18). The fourth-order valence-electron chi connectivity index (χ4n) is 1.56. The highest BCUT2D eigenvalue weighted by atomic mass is 16.1. The molecule has 2 rings (SSSR count). The lowest BCUT2D eigenvalue weighted by Gasteiger charge is -2.09. The molecule has 0 atom stereocenters. The summed E-state index contributed by atoms with van der Waals surface area (Å²) >= 11 is 0. The Morgan fingerprint density at radius 3 is 2.56 bits per heavy atom. The van der Waals surface area contributed by atoms with Gasteiger partial charge in [0, 0.05) is 17.1 Å². The molecule has 1 aromatic carbocycles. The smallest absolute Gasteiger partial charge is 0.250 e. The third kappa shape index (κ3) is 2.57. The number of hydrogen-bond donors (Lipinski definition) is 3. The first kappa shape index (κ1) is 11.9. The summed E-state index contributed by atoms with van der Waals surface area (Å²) in [6.07, 6.45) is 1.72. The second-order valence-corrected chi connectivity index (χ2v) is 3.98. The predicted molar refractivity (Wildman–Crippen MR) is 71.6 cm³/mol. The average Bonchev–Trinajstić information content (AvgIpc) is 2.34. The Labute approximate surface area is 105 Å². The second kappa shape index (κ2) is 4.75. The van der Waals surface area contributed by atoms with Crippen LogP contribution in [0.25, 0.3) is 0 Å². The monoisotopic (exact) mass is 242 g/mol. The zero-order valence-corrected chi connectivity index (χ0v) is 9.97. The van der Waals surface area contributed by atoms with E-state index in [2.05, 4.69) is 10.3 Å². The number of aryl methyl sites for hydroxylation is 1. The van der Waals surface area contributed by atoms with Gasteiger partial charge in [0.25, 0.3) is 5.91 Å². The molecule has 5 heteroatoms. The Kier molecular flexibility index (Phi) is 3.14. The summed E-state index contributed by atoms with van der Waals surface area (Å²) < 4.78 is 0. The molecule has 5 nitrogen and oxygen atoms in total. The molecule has 18 heavy (non-hydrogen) atoms. The van der Waals surface area contributed by atoms with E-state index in [1.165, 1.54) is 0 Å². The third-order valence-electron chi connectivity index (χ3n) is 2.52. The number of benzene rings is 1. The quantitative estimate of drug-likeness (QED) is 0.715. The first-order valence-corrected chi connectivity index (χ1v) is 5.45. The molecule has 0 radical (unpaired) electrons. The number of nitrogens with two attached hydrogens (primary N) is 2. The molecule has 0 saturated carbocycles. The van der Waals surface area contributed by atoms with Crippen LogP contribution in [0, 0.1) is 6.92 Å². The fraction of sp³-hybridized carbons (Fsp3) is 0.0769. The molecule has 0 bridgehead atoms. The van der Waals surface area contributed by atoms with Gasteiger partial charge in [-0.05, 0) is 37.3 Å². The number of nitrogens with zero attached hydrogens (tertiary/aromatic N) is 1. The number of rotatable bonds is 3. The van der Waals surface area contributed by atoms with Gasteiger partial charge in [-0.25, -0.2) is 0 Å². The molecule has 5 N–H and O–H groups in total. The largest absolute Gasteiger partial charge is 0.398 e. The van der Waals surface area contributed by atoms with Crippen molar-refractivity contribution < 1.29 is 4.79 Å². The van der Waals surface area contributed by atoms with Crippen LogP contribution in [0.15, 0.2) is 36.5 Å². The van der Waals surface area contributed by atoms with E-state index in [-0.39, 0.29) is 0 Å². The van der Waals surface area contributed by atoms with Gasteiger partial charge >= 0.3 is 0 Å². The summed E-state index contributed by atoms with van der Waals surface area (Å²) in [5.41, 5.74) is 14.1. The summed E-state index contributed by atoms with van der Waals surface area (Å²) in [5, 5.41) is 3.13. The lowest BCUT2D eigenvalue weighted by molar-refractivity contribution is 0.100. The number of nitrogens with one attached hydrogen (secondary N) is 1. The molecule has 0 spiro atoms. The van der Waals surface area contributed by atoms with E-state index in [1.807, 2.05) is 19.1 Å². The van der Waals surface area contributed by atoms with E-state index in [4.69, 9.17) is 11.5 Å². The molecular formula is C13H14N4O. The fourth-order valence-corrected chi connectivity index (χ4v) is 1.56. The Morgan fingerprint density at radius 1 is 1.22 bits per heavy atom. The van der Waals surface area contributed by atoms with E-state index < -0.39 is 5.91 Å². The number of aromatic nitrogens is 1. The van der Waals surface area contributed by atoms with Crippen molar-refractivity contribution in [1.29, 1.82) is 0 Å². The topological polar surface area (TPSA) is 94.0 Å². The van der Waals surface area contributed by atoms with Crippen LogP contribution < -0.4 is 16.8 Å². The van der Waals surface area contributed by atoms with Crippen LogP contribution in [0.1, 0.15) is 16.1 Å². The highest BCUT2D eigenvalue weighted by Crippen LogP contribution is 2.21. The van der Waals surface area contributed by atoms with Crippen molar-refractivity contribution >= 4 is 23.0 Å². The molecular weight excluding hydrogens is 228 g/mol. The second-order valence-electron chi connectivity index (χ2n) is 3.98. The summed E-state index contributed by atoms with van der Waals surface area (Å²) in [5.74, 6) is -0.543. The number of anilines is 3. The van der Waals surface area contributed by atoms with Crippen molar-refractivity contribution in [1.82, 2.24) is 4.98 Å². The molecule has 1 heterocycles. The van der Waals surface area contributed by atoms with Crippen LogP contribution >= 0.6 is 0 Å². The van der Waals surface area contributed by atoms with E-state index in [1.54, 1.807) is 24.4 Å². The number of carbonyl (C=O) groups is 1. The van der Waals surface area contributed by atoms with Gasteiger partial charge in [-0.1, -0.05) is 0 Å². The van der Waals surface area contributed by atoms with E-state index in [9.17, 15) is 4.79 Å².